The molecular weight excluding hydrogens is 410 g/mol. The van der Waals surface area contributed by atoms with Gasteiger partial charge in [0, 0.05) is 35.4 Å². The zero-order valence-electron chi connectivity index (χ0n) is 19.2. The van der Waals surface area contributed by atoms with E-state index in [1.165, 1.54) is 0 Å². The summed E-state index contributed by atoms with van der Waals surface area (Å²) in [4.78, 5) is 31.3. The highest BCUT2D eigenvalue weighted by molar-refractivity contribution is 6.11. The third-order valence-corrected chi connectivity index (χ3v) is 6.77. The van der Waals surface area contributed by atoms with E-state index in [0.717, 1.165) is 44.2 Å². The molecule has 2 saturated carbocycles. The monoisotopic (exact) mass is 441 g/mol. The summed E-state index contributed by atoms with van der Waals surface area (Å²) in [5.74, 6) is 0.212. The zero-order valence-corrected chi connectivity index (χ0v) is 19.2. The molecular formula is C25H31NO6. The van der Waals surface area contributed by atoms with Crippen molar-refractivity contribution in [1.29, 1.82) is 0 Å². The molecule has 32 heavy (non-hydrogen) atoms. The molecule has 2 fully saturated rings. The smallest absolute Gasteiger partial charge is 0.336 e. The van der Waals surface area contributed by atoms with Crippen LogP contribution in [0.4, 0.5) is 0 Å². The Bertz CT molecular complexity index is 973. The molecule has 0 amide bonds. The number of Topliss-reactive ketones (excluding diaryl/α,β-unsaturated/α-hetero) is 1. The highest BCUT2D eigenvalue weighted by Gasteiger charge is 2.45. The average Bonchev–Trinajstić information content (AvgIpc) is 3.30. The molecule has 1 aromatic carbocycles. The number of nitrogens with zero attached hydrogens (tertiary/aromatic N) is 1. The number of methoxy groups -OCH3 is 3. The van der Waals surface area contributed by atoms with Gasteiger partial charge in [-0.25, -0.2) is 4.79 Å². The fourth-order valence-electron chi connectivity index (χ4n) is 5.24. The lowest BCUT2D eigenvalue weighted by molar-refractivity contribution is -0.144. The van der Waals surface area contributed by atoms with E-state index in [9.17, 15) is 9.59 Å². The van der Waals surface area contributed by atoms with Gasteiger partial charge in [0.05, 0.1) is 32.8 Å². The average molecular weight is 442 g/mol. The Kier molecular flexibility index (Phi) is 6.53. The van der Waals surface area contributed by atoms with Crippen molar-refractivity contribution in [3.8, 4) is 17.2 Å². The second-order valence-electron chi connectivity index (χ2n) is 8.64. The van der Waals surface area contributed by atoms with E-state index in [0.29, 0.717) is 40.5 Å². The SMILES string of the molecule is COc1cc(OC)c([C@H]2C(C(=O)OC3CCCC3)=C(C)N=C3CCCC(=O)[C@@H]32)cc1OC. The van der Waals surface area contributed by atoms with E-state index in [4.69, 9.17) is 23.9 Å². The van der Waals surface area contributed by atoms with Crippen molar-refractivity contribution >= 4 is 17.5 Å². The standard InChI is InChI=1S/C25H31NO6/c1-14-22(25(28)32-15-8-5-6-9-15)23(24-17(26-14)10-7-11-18(24)27)16-12-20(30-3)21(31-4)13-19(16)29-2/h12-13,15,23-24H,5-11H2,1-4H3/t23-,24+/m0/s1. The lowest BCUT2D eigenvalue weighted by atomic mass is 9.69. The summed E-state index contributed by atoms with van der Waals surface area (Å²) in [5, 5.41) is 0. The molecule has 7 heteroatoms. The third-order valence-electron chi connectivity index (χ3n) is 6.77. The molecule has 0 spiro atoms. The number of fused-ring (bicyclic) bond motifs is 1. The predicted molar refractivity (Wildman–Crippen MR) is 120 cm³/mol. The maximum atomic E-state index is 13.4. The van der Waals surface area contributed by atoms with Gasteiger partial charge in [-0.2, -0.15) is 0 Å². The minimum Gasteiger partial charge on any atom is -0.496 e. The molecule has 0 radical (unpaired) electrons. The molecule has 1 heterocycles. The summed E-state index contributed by atoms with van der Waals surface area (Å²) in [6.45, 7) is 1.83. The van der Waals surface area contributed by atoms with Crippen molar-refractivity contribution in [2.75, 3.05) is 21.3 Å². The Balaban J connectivity index is 1.86. The summed E-state index contributed by atoms with van der Waals surface area (Å²) in [6, 6.07) is 3.55. The van der Waals surface area contributed by atoms with E-state index in [1.54, 1.807) is 27.4 Å². The number of carbonyl (C=O) groups excluding carboxylic acids is 2. The molecule has 0 unspecified atom stereocenters. The van der Waals surface area contributed by atoms with Crippen molar-refractivity contribution in [3.05, 3.63) is 29.0 Å². The number of hydrogen-bond donors (Lipinski definition) is 0. The van der Waals surface area contributed by atoms with E-state index in [2.05, 4.69) is 0 Å². The van der Waals surface area contributed by atoms with Crippen molar-refractivity contribution in [2.45, 2.75) is 63.9 Å². The number of aliphatic imine (C=N–C) groups is 1. The van der Waals surface area contributed by atoms with Gasteiger partial charge in [0.1, 0.15) is 17.6 Å². The number of allylic oxidation sites excluding steroid dienone is 1. The van der Waals surface area contributed by atoms with Gasteiger partial charge < -0.3 is 18.9 Å². The molecule has 2 aliphatic carbocycles. The van der Waals surface area contributed by atoms with E-state index in [-0.39, 0.29) is 11.9 Å². The van der Waals surface area contributed by atoms with E-state index >= 15 is 0 Å². The summed E-state index contributed by atoms with van der Waals surface area (Å²) < 4.78 is 22.5. The number of benzene rings is 1. The van der Waals surface area contributed by atoms with Crippen molar-refractivity contribution in [3.63, 3.8) is 0 Å². The summed E-state index contributed by atoms with van der Waals surface area (Å²) in [6.07, 6.45) is 5.78. The lowest BCUT2D eigenvalue weighted by Crippen LogP contribution is -2.39. The van der Waals surface area contributed by atoms with Crippen LogP contribution in [0.25, 0.3) is 0 Å². The van der Waals surface area contributed by atoms with Crippen LogP contribution in [-0.2, 0) is 14.3 Å². The van der Waals surface area contributed by atoms with Gasteiger partial charge in [-0.1, -0.05) is 0 Å². The lowest BCUT2D eigenvalue weighted by Gasteiger charge is -2.36. The van der Waals surface area contributed by atoms with E-state index < -0.39 is 17.8 Å². The molecule has 0 saturated heterocycles. The molecule has 172 valence electrons. The number of ketones is 1. The van der Waals surface area contributed by atoms with Gasteiger partial charge in [-0.05, 0) is 51.5 Å². The van der Waals surface area contributed by atoms with Gasteiger partial charge in [-0.15, -0.1) is 0 Å². The van der Waals surface area contributed by atoms with Crippen molar-refractivity contribution in [1.82, 2.24) is 0 Å². The minimum absolute atomic E-state index is 0.0804. The van der Waals surface area contributed by atoms with Crippen LogP contribution in [-0.4, -0.2) is 44.9 Å². The Morgan fingerprint density at radius 2 is 1.56 bits per heavy atom. The minimum atomic E-state index is -0.543. The molecule has 4 rings (SSSR count). The largest absolute Gasteiger partial charge is 0.496 e. The van der Waals surface area contributed by atoms with Crippen LogP contribution < -0.4 is 14.2 Å². The highest BCUT2D eigenvalue weighted by Crippen LogP contribution is 2.48. The first-order valence-corrected chi connectivity index (χ1v) is 11.3. The molecule has 0 aromatic heterocycles. The Hall–Kier alpha value is -2.83. The third kappa shape index (κ3) is 4.00. The Morgan fingerprint density at radius 3 is 2.22 bits per heavy atom. The summed E-state index contributed by atoms with van der Waals surface area (Å²) >= 11 is 0. The van der Waals surface area contributed by atoms with Gasteiger partial charge in [0.15, 0.2) is 11.5 Å². The van der Waals surface area contributed by atoms with Crippen LogP contribution in [0.2, 0.25) is 0 Å². The molecule has 0 N–H and O–H groups in total. The molecule has 3 aliphatic rings. The van der Waals surface area contributed by atoms with Gasteiger partial charge in [0.2, 0.25) is 0 Å². The summed E-state index contributed by atoms with van der Waals surface area (Å²) in [7, 11) is 4.68. The number of ether oxygens (including phenoxy) is 4. The molecule has 1 aliphatic heterocycles. The second kappa shape index (κ2) is 9.35. The van der Waals surface area contributed by atoms with Gasteiger partial charge in [0.25, 0.3) is 0 Å². The zero-order chi connectivity index (χ0) is 22.8. The highest BCUT2D eigenvalue weighted by atomic mass is 16.5. The normalized spacial score (nSPS) is 23.5. The van der Waals surface area contributed by atoms with Crippen LogP contribution in [0, 0.1) is 5.92 Å². The predicted octanol–water partition coefficient (Wildman–Crippen LogP) is 4.38. The maximum Gasteiger partial charge on any atom is 0.336 e. The number of hydrogen-bond acceptors (Lipinski definition) is 7. The molecule has 0 bridgehead atoms. The molecule has 2 atom stereocenters. The first-order chi connectivity index (χ1) is 15.5. The van der Waals surface area contributed by atoms with E-state index in [1.807, 2.05) is 13.0 Å². The first-order valence-electron chi connectivity index (χ1n) is 11.3. The van der Waals surface area contributed by atoms with Gasteiger partial charge >= 0.3 is 5.97 Å². The first kappa shape index (κ1) is 22.4. The van der Waals surface area contributed by atoms with Crippen LogP contribution in [0.1, 0.15) is 63.4 Å². The van der Waals surface area contributed by atoms with Crippen LogP contribution >= 0.6 is 0 Å². The van der Waals surface area contributed by atoms with Crippen LogP contribution in [0.5, 0.6) is 17.2 Å². The molecule has 7 nitrogen and oxygen atoms in total. The second-order valence-corrected chi connectivity index (χ2v) is 8.64. The number of rotatable bonds is 6. The quantitative estimate of drug-likeness (QED) is 0.609. The fourth-order valence-corrected chi connectivity index (χ4v) is 5.24. The number of esters is 1. The maximum absolute atomic E-state index is 13.4. The topological polar surface area (TPSA) is 83.4 Å². The van der Waals surface area contributed by atoms with Crippen molar-refractivity contribution in [2.24, 2.45) is 10.9 Å². The van der Waals surface area contributed by atoms with Crippen LogP contribution in [0.15, 0.2) is 28.4 Å². The Labute approximate surface area is 188 Å². The fraction of sp³-hybridized carbons (Fsp3) is 0.560. The number of carbonyl (C=O) groups is 2. The van der Waals surface area contributed by atoms with Crippen LogP contribution in [0.3, 0.4) is 0 Å². The van der Waals surface area contributed by atoms with Crippen molar-refractivity contribution < 1.29 is 28.5 Å². The molecule has 1 aromatic rings. The summed E-state index contributed by atoms with van der Waals surface area (Å²) in [5.41, 5.74) is 2.58. The Morgan fingerprint density at radius 1 is 0.906 bits per heavy atom. The van der Waals surface area contributed by atoms with Gasteiger partial charge in [-0.3, -0.25) is 9.79 Å².